The van der Waals surface area contributed by atoms with Gasteiger partial charge in [-0.1, -0.05) is 66.7 Å². The monoisotopic (exact) mass is 390 g/mol. The van der Waals surface area contributed by atoms with Crippen LogP contribution in [0, 0.1) is 11.3 Å². The van der Waals surface area contributed by atoms with E-state index in [0.717, 1.165) is 21.9 Å². The summed E-state index contributed by atoms with van der Waals surface area (Å²) in [6.45, 7) is 0. The Morgan fingerprint density at radius 3 is 2.57 bits per heavy atom. The van der Waals surface area contributed by atoms with Crippen molar-refractivity contribution in [2.45, 2.75) is 5.41 Å². The van der Waals surface area contributed by atoms with Crippen molar-refractivity contribution in [3.8, 4) is 23.2 Å². The third-order valence-electron chi connectivity index (χ3n) is 6.00. The number of hydrogen-bond donors (Lipinski definition) is 2. The van der Waals surface area contributed by atoms with E-state index in [9.17, 15) is 10.1 Å². The highest BCUT2D eigenvalue weighted by molar-refractivity contribution is 6.24. The zero-order valence-corrected chi connectivity index (χ0v) is 15.6. The lowest BCUT2D eigenvalue weighted by molar-refractivity contribution is 0.0936. The SMILES string of the molecule is N#CC1=C(N)Oc2n[nH]c(-c3ccccc3)c2C12C(=O)c1cccc3cccc2c13. The second kappa shape index (κ2) is 5.58. The van der Waals surface area contributed by atoms with Crippen LogP contribution in [-0.4, -0.2) is 16.0 Å². The molecule has 0 bridgehead atoms. The van der Waals surface area contributed by atoms with E-state index in [-0.39, 0.29) is 23.1 Å². The predicted octanol–water partition coefficient (Wildman–Crippen LogP) is 3.80. The molecule has 30 heavy (non-hydrogen) atoms. The second-order valence-electron chi connectivity index (χ2n) is 7.39. The first kappa shape index (κ1) is 16.6. The number of aromatic nitrogens is 2. The number of ketones is 1. The van der Waals surface area contributed by atoms with Gasteiger partial charge in [-0.05, 0) is 16.3 Å². The van der Waals surface area contributed by atoms with Gasteiger partial charge >= 0.3 is 0 Å². The molecule has 3 N–H and O–H groups in total. The highest BCUT2D eigenvalue weighted by Crippen LogP contribution is 2.57. The Kier molecular flexibility index (Phi) is 3.08. The van der Waals surface area contributed by atoms with E-state index in [4.69, 9.17) is 10.5 Å². The first-order valence-corrected chi connectivity index (χ1v) is 9.47. The predicted molar refractivity (Wildman–Crippen MR) is 111 cm³/mol. The van der Waals surface area contributed by atoms with Crippen molar-refractivity contribution in [1.82, 2.24) is 10.2 Å². The molecule has 2 aliphatic rings. The van der Waals surface area contributed by atoms with Gasteiger partial charge in [-0.15, -0.1) is 5.10 Å². The van der Waals surface area contributed by atoms with E-state index in [1.165, 1.54) is 0 Å². The lowest BCUT2D eigenvalue weighted by Gasteiger charge is -2.33. The van der Waals surface area contributed by atoms with Gasteiger partial charge in [0.2, 0.25) is 11.8 Å². The third kappa shape index (κ3) is 1.77. The summed E-state index contributed by atoms with van der Waals surface area (Å²) >= 11 is 0. The number of Topliss-reactive ketones (excluding diaryl/α,β-unsaturated/α-hetero) is 1. The molecule has 1 aliphatic carbocycles. The number of allylic oxidation sites excluding steroid dienone is 1. The molecular formula is C24H14N4O2. The molecule has 0 saturated carbocycles. The summed E-state index contributed by atoms with van der Waals surface area (Å²) in [7, 11) is 0. The molecule has 142 valence electrons. The lowest BCUT2D eigenvalue weighted by Crippen LogP contribution is -2.41. The molecule has 0 radical (unpaired) electrons. The summed E-state index contributed by atoms with van der Waals surface area (Å²) in [5.74, 6) is -0.0882. The van der Waals surface area contributed by atoms with E-state index in [0.29, 0.717) is 16.8 Å². The van der Waals surface area contributed by atoms with E-state index in [1.807, 2.05) is 60.7 Å². The van der Waals surface area contributed by atoms with Crippen LogP contribution in [0.4, 0.5) is 0 Å². The van der Waals surface area contributed by atoms with Gasteiger partial charge in [0.1, 0.15) is 17.1 Å². The van der Waals surface area contributed by atoms with Crippen LogP contribution >= 0.6 is 0 Å². The van der Waals surface area contributed by atoms with Crippen LogP contribution in [-0.2, 0) is 5.41 Å². The molecule has 3 aromatic carbocycles. The number of nitriles is 1. The molecule has 1 spiro atoms. The van der Waals surface area contributed by atoms with Crippen LogP contribution in [0.1, 0.15) is 21.5 Å². The summed E-state index contributed by atoms with van der Waals surface area (Å²) in [4.78, 5) is 14.1. The van der Waals surface area contributed by atoms with Crippen molar-refractivity contribution < 1.29 is 9.53 Å². The van der Waals surface area contributed by atoms with Crippen LogP contribution in [0.3, 0.4) is 0 Å². The molecule has 1 unspecified atom stereocenters. The number of ether oxygens (including phenoxy) is 1. The van der Waals surface area contributed by atoms with E-state index in [1.54, 1.807) is 6.07 Å². The van der Waals surface area contributed by atoms with Crippen molar-refractivity contribution >= 4 is 16.6 Å². The number of carbonyl (C=O) groups is 1. The zero-order chi connectivity index (χ0) is 20.5. The number of rotatable bonds is 1. The summed E-state index contributed by atoms with van der Waals surface area (Å²) < 4.78 is 5.71. The number of nitrogens with one attached hydrogen (secondary N) is 1. The Hall–Kier alpha value is -4.37. The first-order chi connectivity index (χ1) is 14.7. The van der Waals surface area contributed by atoms with Gasteiger partial charge in [-0.3, -0.25) is 9.89 Å². The van der Waals surface area contributed by atoms with Gasteiger partial charge in [-0.25, -0.2) is 0 Å². The summed E-state index contributed by atoms with van der Waals surface area (Å²) in [6, 6.07) is 23.1. The maximum absolute atomic E-state index is 14.1. The Bertz CT molecular complexity index is 1450. The van der Waals surface area contributed by atoms with Gasteiger partial charge < -0.3 is 10.5 Å². The van der Waals surface area contributed by atoms with Crippen LogP contribution in [0.2, 0.25) is 0 Å². The van der Waals surface area contributed by atoms with Crippen LogP contribution in [0.5, 0.6) is 5.88 Å². The molecule has 6 nitrogen and oxygen atoms in total. The number of nitrogens with zero attached hydrogens (tertiary/aromatic N) is 2. The smallest absolute Gasteiger partial charge is 0.245 e. The summed E-state index contributed by atoms with van der Waals surface area (Å²) in [5, 5.41) is 19.2. The van der Waals surface area contributed by atoms with Gasteiger partial charge in [0, 0.05) is 11.1 Å². The van der Waals surface area contributed by atoms with E-state index < -0.39 is 5.41 Å². The Balaban J connectivity index is 1.80. The second-order valence-corrected chi connectivity index (χ2v) is 7.39. The molecule has 0 fully saturated rings. The maximum atomic E-state index is 14.1. The highest BCUT2D eigenvalue weighted by Gasteiger charge is 2.58. The minimum atomic E-state index is -1.41. The average Bonchev–Trinajstić information content (AvgIpc) is 3.30. The largest absolute Gasteiger partial charge is 0.420 e. The number of H-pyrrole nitrogens is 1. The normalized spacial score (nSPS) is 19.1. The lowest BCUT2D eigenvalue weighted by atomic mass is 9.67. The number of aromatic amines is 1. The van der Waals surface area contributed by atoms with Crippen LogP contribution in [0.25, 0.3) is 22.0 Å². The van der Waals surface area contributed by atoms with Crippen LogP contribution in [0.15, 0.2) is 78.2 Å². The summed E-state index contributed by atoms with van der Waals surface area (Å²) in [5.41, 5.74) is 8.11. The Morgan fingerprint density at radius 1 is 1.03 bits per heavy atom. The van der Waals surface area contributed by atoms with Crippen molar-refractivity contribution in [3.63, 3.8) is 0 Å². The van der Waals surface area contributed by atoms with Crippen LogP contribution < -0.4 is 10.5 Å². The molecule has 6 heteroatoms. The Morgan fingerprint density at radius 2 is 1.80 bits per heavy atom. The molecule has 1 aromatic heterocycles. The number of nitrogens with two attached hydrogens (primary N) is 1. The number of hydrogen-bond acceptors (Lipinski definition) is 5. The molecule has 2 heterocycles. The van der Waals surface area contributed by atoms with Gasteiger partial charge in [0.15, 0.2) is 5.78 Å². The standard InChI is InChI=1S/C24H14N4O2/c25-12-17-22(26)30-23-19(20(27-28-23)14-6-2-1-3-7-14)24(17)16-11-5-9-13-8-4-10-15(18(13)16)21(24)29/h1-11H,26H2,(H,27,28). The maximum Gasteiger partial charge on any atom is 0.245 e. The topological polar surface area (TPSA) is 105 Å². The number of benzene rings is 3. The van der Waals surface area contributed by atoms with Crippen molar-refractivity contribution in [3.05, 3.63) is 94.9 Å². The number of carbonyl (C=O) groups excluding carboxylic acids is 1. The molecule has 0 amide bonds. The van der Waals surface area contributed by atoms with Gasteiger partial charge in [0.25, 0.3) is 0 Å². The quantitative estimate of drug-likeness (QED) is 0.514. The highest BCUT2D eigenvalue weighted by atomic mass is 16.5. The fourth-order valence-electron chi connectivity index (χ4n) is 4.83. The van der Waals surface area contributed by atoms with E-state index >= 15 is 0 Å². The van der Waals surface area contributed by atoms with Gasteiger partial charge in [-0.2, -0.15) is 5.26 Å². The van der Waals surface area contributed by atoms with Crippen molar-refractivity contribution in [2.75, 3.05) is 0 Å². The molecule has 6 rings (SSSR count). The molecular weight excluding hydrogens is 376 g/mol. The van der Waals surface area contributed by atoms with Gasteiger partial charge in [0.05, 0.1) is 11.3 Å². The fourth-order valence-corrected chi connectivity index (χ4v) is 4.83. The molecule has 1 aliphatic heterocycles. The average molecular weight is 390 g/mol. The summed E-state index contributed by atoms with van der Waals surface area (Å²) in [6.07, 6.45) is 0. The molecule has 0 saturated heterocycles. The zero-order valence-electron chi connectivity index (χ0n) is 15.6. The molecule has 1 atom stereocenters. The fraction of sp³-hybridized carbons (Fsp3) is 0.0417. The minimum absolute atomic E-state index is 0.0854. The molecule has 4 aromatic rings. The number of fused-ring (bicyclic) bond motifs is 3. The third-order valence-corrected chi connectivity index (χ3v) is 6.00. The van der Waals surface area contributed by atoms with E-state index in [2.05, 4.69) is 16.3 Å². The van der Waals surface area contributed by atoms with Crippen molar-refractivity contribution in [1.29, 1.82) is 5.26 Å². The van der Waals surface area contributed by atoms with Crippen molar-refractivity contribution in [2.24, 2.45) is 5.73 Å². The Labute approximate surface area is 171 Å². The first-order valence-electron chi connectivity index (χ1n) is 9.47. The minimum Gasteiger partial charge on any atom is -0.420 e.